The summed E-state index contributed by atoms with van der Waals surface area (Å²) in [7, 11) is 1.95. The molecule has 5 aliphatic rings. The number of ether oxygens (including phenoxy) is 1. The number of halogens is 3. The van der Waals surface area contributed by atoms with Gasteiger partial charge in [0.05, 0.1) is 29.8 Å². The van der Waals surface area contributed by atoms with E-state index in [1.54, 1.807) is 12.4 Å². The van der Waals surface area contributed by atoms with E-state index in [0.29, 0.717) is 47.9 Å². The summed E-state index contributed by atoms with van der Waals surface area (Å²) < 4.78 is 51.5. The molecule has 0 bridgehead atoms. The van der Waals surface area contributed by atoms with Gasteiger partial charge in [0.2, 0.25) is 0 Å². The van der Waals surface area contributed by atoms with Crippen LogP contribution < -0.4 is 9.64 Å². The molecule has 7 nitrogen and oxygen atoms in total. The zero-order valence-electron chi connectivity index (χ0n) is 24.6. The number of likely N-dealkylation sites (tertiary alicyclic amines) is 1. The highest BCUT2D eigenvalue weighted by Gasteiger charge is 2.64. The number of alkyl halides is 3. The second-order valence-electron chi connectivity index (χ2n) is 13.8. The van der Waals surface area contributed by atoms with Gasteiger partial charge in [-0.15, -0.1) is 10.2 Å². The summed E-state index contributed by atoms with van der Waals surface area (Å²) in [6.45, 7) is 4.63. The molecule has 0 unspecified atom stereocenters. The highest BCUT2D eigenvalue weighted by atomic mass is 19.4. The van der Waals surface area contributed by atoms with Crippen molar-refractivity contribution in [3.63, 3.8) is 0 Å². The molecule has 3 aliphatic heterocycles. The van der Waals surface area contributed by atoms with Crippen molar-refractivity contribution >= 4 is 11.6 Å². The number of benzene rings is 2. The second-order valence-corrected chi connectivity index (χ2v) is 13.8. The summed E-state index contributed by atoms with van der Waals surface area (Å²) >= 11 is 0. The molecular weight excluding hydrogens is 555 g/mol. The maximum atomic E-state index is 14.5. The zero-order valence-corrected chi connectivity index (χ0v) is 24.6. The molecule has 1 amide bonds. The third kappa shape index (κ3) is 4.30. The Balaban J connectivity index is 1.20. The van der Waals surface area contributed by atoms with E-state index in [0.717, 1.165) is 55.7 Å². The Bertz CT molecular complexity index is 1630. The fourth-order valence-corrected chi connectivity index (χ4v) is 8.43. The number of carbonyl (C=O) groups excluding carboxylic acids is 1. The monoisotopic (exact) mass is 591 g/mol. The second kappa shape index (κ2) is 9.30. The smallest absolute Gasteiger partial charge is 0.416 e. The third-order valence-electron chi connectivity index (χ3n) is 10.6. The molecule has 1 atom stereocenters. The fourth-order valence-electron chi connectivity index (χ4n) is 8.43. The number of anilines is 1. The van der Waals surface area contributed by atoms with Crippen LogP contribution in [-0.2, 0) is 38.1 Å². The summed E-state index contributed by atoms with van der Waals surface area (Å²) in [6, 6.07) is 7.11. The number of carbonyl (C=O) groups is 1. The Labute approximate surface area is 249 Å². The zero-order chi connectivity index (χ0) is 29.7. The van der Waals surface area contributed by atoms with Crippen LogP contribution in [0.15, 0.2) is 30.6 Å². The Hall–Kier alpha value is -3.40. The van der Waals surface area contributed by atoms with Crippen LogP contribution in [-0.4, -0.2) is 45.3 Å². The van der Waals surface area contributed by atoms with Crippen molar-refractivity contribution in [3.05, 3.63) is 69.8 Å². The first-order valence-electron chi connectivity index (χ1n) is 15.5. The van der Waals surface area contributed by atoms with Gasteiger partial charge in [-0.05, 0) is 96.9 Å². The molecule has 43 heavy (non-hydrogen) atoms. The first-order valence-corrected chi connectivity index (χ1v) is 15.5. The summed E-state index contributed by atoms with van der Waals surface area (Å²) in [6.07, 6.45) is 4.32. The summed E-state index contributed by atoms with van der Waals surface area (Å²) in [5.41, 5.74) is 2.61. The third-order valence-corrected chi connectivity index (χ3v) is 10.6. The minimum Gasteiger partial charge on any atom is -0.491 e. The van der Waals surface area contributed by atoms with Crippen LogP contribution in [0.3, 0.4) is 0 Å². The fraction of sp³-hybridized carbons (Fsp3) is 0.545. The highest BCUT2D eigenvalue weighted by molar-refractivity contribution is 6.11. The molecule has 8 rings (SSSR count). The van der Waals surface area contributed by atoms with Gasteiger partial charge < -0.3 is 14.2 Å². The maximum Gasteiger partial charge on any atom is 0.416 e. The van der Waals surface area contributed by atoms with Crippen molar-refractivity contribution in [2.45, 2.75) is 76.6 Å². The lowest BCUT2D eigenvalue weighted by Crippen LogP contribution is -2.45. The largest absolute Gasteiger partial charge is 0.491 e. The topological polar surface area (TPSA) is 63.5 Å². The van der Waals surface area contributed by atoms with E-state index in [4.69, 9.17) is 4.74 Å². The molecule has 2 aromatic carbocycles. The van der Waals surface area contributed by atoms with Gasteiger partial charge in [0.15, 0.2) is 0 Å². The van der Waals surface area contributed by atoms with E-state index < -0.39 is 17.6 Å². The van der Waals surface area contributed by atoms with Gasteiger partial charge in [0, 0.05) is 32.1 Å². The number of piperidine rings is 1. The first kappa shape index (κ1) is 27.2. The standard InChI is InChI=1S/C33H36F3N5O2/c1-20-4-3-8-40(14-20)15-21-10-24-25(26(11-21)33(34,35)36)16-41(29(24)42)27-13-23(12-22-5-9-43-28(22)27)32(17-31(18-32)6-7-31)30-38-37-19-39(30)2/h10-13,19-20H,3-9,14-18H2,1-2H3/t20-/m0/s1. The van der Waals surface area contributed by atoms with E-state index in [9.17, 15) is 18.0 Å². The van der Waals surface area contributed by atoms with E-state index in [-0.39, 0.29) is 23.1 Å². The van der Waals surface area contributed by atoms with Gasteiger partial charge in [-0.25, -0.2) is 0 Å². The molecule has 3 fully saturated rings. The number of aromatic nitrogens is 3. The predicted molar refractivity (Wildman–Crippen MR) is 154 cm³/mol. The molecular formula is C33H36F3N5O2. The molecule has 1 spiro atoms. The minimum absolute atomic E-state index is 0.0500. The molecule has 0 N–H and O–H groups in total. The Morgan fingerprint density at radius 3 is 2.65 bits per heavy atom. The number of fused-ring (bicyclic) bond motifs is 2. The van der Waals surface area contributed by atoms with Crippen molar-refractivity contribution in [2.75, 3.05) is 24.6 Å². The van der Waals surface area contributed by atoms with Crippen molar-refractivity contribution in [2.24, 2.45) is 18.4 Å². The van der Waals surface area contributed by atoms with Crippen LogP contribution in [0.5, 0.6) is 5.75 Å². The normalized spacial score (nSPS) is 23.7. The number of aryl methyl sites for hydroxylation is 1. The van der Waals surface area contributed by atoms with Crippen LogP contribution in [0.2, 0.25) is 0 Å². The molecule has 0 radical (unpaired) electrons. The van der Waals surface area contributed by atoms with Crippen molar-refractivity contribution in [1.29, 1.82) is 0 Å². The quantitative estimate of drug-likeness (QED) is 0.363. The van der Waals surface area contributed by atoms with E-state index >= 15 is 0 Å². The molecule has 10 heteroatoms. The first-order chi connectivity index (χ1) is 20.6. The highest BCUT2D eigenvalue weighted by Crippen LogP contribution is 2.71. The van der Waals surface area contributed by atoms with Gasteiger partial charge >= 0.3 is 6.18 Å². The number of hydrogen-bond donors (Lipinski definition) is 0. The Kier molecular flexibility index (Phi) is 5.88. The van der Waals surface area contributed by atoms with Crippen molar-refractivity contribution in [3.8, 4) is 5.75 Å². The average molecular weight is 592 g/mol. The van der Waals surface area contributed by atoms with Gasteiger partial charge in [-0.3, -0.25) is 9.69 Å². The molecule has 1 saturated heterocycles. The SMILES string of the molecule is C[C@H]1CCCN(Cc2cc3c(c(C(F)(F)F)c2)CN(c2cc(C4(c5nncn5C)CC5(CC5)C4)cc4c2OCC4)C3=O)C1. The van der Waals surface area contributed by atoms with Crippen LogP contribution in [0.4, 0.5) is 18.9 Å². The molecule has 3 aromatic rings. The van der Waals surface area contributed by atoms with Crippen LogP contribution in [0.1, 0.15) is 89.4 Å². The van der Waals surface area contributed by atoms with Gasteiger partial charge in [0.1, 0.15) is 17.9 Å². The minimum atomic E-state index is -4.56. The number of amides is 1. The van der Waals surface area contributed by atoms with Gasteiger partial charge in [-0.1, -0.05) is 13.0 Å². The molecule has 4 heterocycles. The summed E-state index contributed by atoms with van der Waals surface area (Å²) in [5.74, 6) is 1.60. The number of nitrogens with zero attached hydrogens (tertiary/aromatic N) is 5. The maximum absolute atomic E-state index is 14.5. The molecule has 2 saturated carbocycles. The van der Waals surface area contributed by atoms with E-state index in [1.165, 1.54) is 23.8 Å². The van der Waals surface area contributed by atoms with Crippen LogP contribution in [0.25, 0.3) is 0 Å². The molecule has 1 aromatic heterocycles. The van der Waals surface area contributed by atoms with Gasteiger partial charge in [-0.2, -0.15) is 13.2 Å². The predicted octanol–water partition coefficient (Wildman–Crippen LogP) is 6.02. The van der Waals surface area contributed by atoms with Gasteiger partial charge in [0.25, 0.3) is 5.91 Å². The average Bonchev–Trinajstić information content (AvgIpc) is 3.22. The van der Waals surface area contributed by atoms with Crippen molar-refractivity contribution < 1.29 is 22.7 Å². The summed E-state index contributed by atoms with van der Waals surface area (Å²) in [4.78, 5) is 17.8. The lowest BCUT2D eigenvalue weighted by atomic mass is 9.55. The Morgan fingerprint density at radius 1 is 1.14 bits per heavy atom. The lowest BCUT2D eigenvalue weighted by molar-refractivity contribution is -0.138. The van der Waals surface area contributed by atoms with E-state index in [2.05, 4.69) is 28.1 Å². The summed E-state index contributed by atoms with van der Waals surface area (Å²) in [5, 5.41) is 8.70. The van der Waals surface area contributed by atoms with Crippen LogP contribution >= 0.6 is 0 Å². The van der Waals surface area contributed by atoms with E-state index in [1.807, 2.05) is 17.7 Å². The Morgan fingerprint density at radius 2 is 1.95 bits per heavy atom. The molecule has 2 aliphatic carbocycles. The van der Waals surface area contributed by atoms with Crippen LogP contribution in [0, 0.1) is 11.3 Å². The molecule has 226 valence electrons. The number of rotatable bonds is 5. The van der Waals surface area contributed by atoms with Crippen molar-refractivity contribution in [1.82, 2.24) is 19.7 Å². The number of hydrogen-bond acceptors (Lipinski definition) is 5. The lowest BCUT2D eigenvalue weighted by Gasteiger charge is -2.48.